The molecule has 1 aromatic carbocycles. The van der Waals surface area contributed by atoms with Gasteiger partial charge in [0.05, 0.1) is 17.1 Å². The Bertz CT molecular complexity index is 640. The molecule has 0 amide bonds. The quantitative estimate of drug-likeness (QED) is 0.701. The van der Waals surface area contributed by atoms with Crippen LogP contribution in [0.1, 0.15) is 23.7 Å². The minimum atomic E-state index is -3.74. The van der Waals surface area contributed by atoms with Gasteiger partial charge in [-0.3, -0.25) is 0 Å². The van der Waals surface area contributed by atoms with Gasteiger partial charge in [0.1, 0.15) is 0 Å². The van der Waals surface area contributed by atoms with Crippen LogP contribution in [0.2, 0.25) is 0 Å². The summed E-state index contributed by atoms with van der Waals surface area (Å²) in [7, 11) is -3.74. The molecule has 1 aliphatic rings. The number of hydrogen-bond acceptors (Lipinski definition) is 4. The smallest absolute Gasteiger partial charge is 0.336 e. The van der Waals surface area contributed by atoms with Crippen LogP contribution in [0.3, 0.4) is 0 Å². The Morgan fingerprint density at radius 2 is 2.24 bits per heavy atom. The van der Waals surface area contributed by atoms with Crippen LogP contribution in [0, 0.1) is 9.49 Å². The number of hydrogen-bond donors (Lipinski definition) is 2. The third-order valence-electron chi connectivity index (χ3n) is 3.49. The first-order valence-electron chi connectivity index (χ1n) is 6.44. The van der Waals surface area contributed by atoms with Gasteiger partial charge in [-0.25, -0.2) is 17.9 Å². The maximum absolute atomic E-state index is 12.3. The van der Waals surface area contributed by atoms with Gasteiger partial charge in [0.25, 0.3) is 0 Å². The van der Waals surface area contributed by atoms with Crippen molar-refractivity contribution in [3.05, 3.63) is 27.3 Å². The van der Waals surface area contributed by atoms with Crippen LogP contribution >= 0.6 is 22.6 Å². The summed E-state index contributed by atoms with van der Waals surface area (Å²) in [5, 5.41) is 9.07. The molecule has 2 N–H and O–H groups in total. The van der Waals surface area contributed by atoms with Gasteiger partial charge in [0.2, 0.25) is 10.0 Å². The number of carbonyl (C=O) groups is 1. The molecule has 1 heterocycles. The first-order valence-corrected chi connectivity index (χ1v) is 9.00. The van der Waals surface area contributed by atoms with Crippen LogP contribution in [0.5, 0.6) is 0 Å². The lowest BCUT2D eigenvalue weighted by molar-refractivity contribution is 0.0695. The monoisotopic (exact) mass is 425 g/mol. The van der Waals surface area contributed by atoms with Gasteiger partial charge in [-0.05, 0) is 54.1 Å². The van der Waals surface area contributed by atoms with E-state index in [1.54, 1.807) is 6.92 Å². The van der Waals surface area contributed by atoms with Crippen LogP contribution < -0.4 is 4.72 Å². The van der Waals surface area contributed by atoms with Crippen LogP contribution in [0.4, 0.5) is 0 Å². The standard InChI is InChI=1S/C13H16INO5S/c1-8(9-4-5-20-7-9)15-21(18,19)10-2-3-12(14)11(6-10)13(16)17/h2-3,6,8-9,15H,4-5,7H2,1H3,(H,16,17). The van der Waals surface area contributed by atoms with Gasteiger partial charge in [0, 0.05) is 22.1 Å². The lowest BCUT2D eigenvalue weighted by Gasteiger charge is -2.19. The van der Waals surface area contributed by atoms with Crippen molar-refractivity contribution in [2.24, 2.45) is 5.92 Å². The molecule has 21 heavy (non-hydrogen) atoms. The number of sulfonamides is 1. The molecule has 2 unspecified atom stereocenters. The summed E-state index contributed by atoms with van der Waals surface area (Å²) in [5.74, 6) is -1.00. The maximum atomic E-state index is 12.3. The van der Waals surface area contributed by atoms with E-state index in [0.717, 1.165) is 6.42 Å². The zero-order valence-corrected chi connectivity index (χ0v) is 14.3. The molecule has 0 radical (unpaired) electrons. The molecule has 1 aliphatic heterocycles. The van der Waals surface area contributed by atoms with E-state index >= 15 is 0 Å². The zero-order chi connectivity index (χ0) is 15.6. The molecular formula is C13H16INO5S. The minimum absolute atomic E-state index is 0.0182. The first-order chi connectivity index (χ1) is 9.81. The summed E-state index contributed by atoms with van der Waals surface area (Å²) in [6, 6.07) is 3.82. The number of benzene rings is 1. The van der Waals surface area contributed by atoms with Gasteiger partial charge in [-0.1, -0.05) is 0 Å². The van der Waals surface area contributed by atoms with Crippen molar-refractivity contribution in [1.82, 2.24) is 4.72 Å². The third-order valence-corrected chi connectivity index (χ3v) is 5.99. The van der Waals surface area contributed by atoms with Crippen LogP contribution in [0.15, 0.2) is 23.1 Å². The van der Waals surface area contributed by atoms with E-state index in [1.807, 2.05) is 22.6 Å². The largest absolute Gasteiger partial charge is 0.478 e. The van der Waals surface area contributed by atoms with Gasteiger partial charge >= 0.3 is 5.97 Å². The molecule has 0 bridgehead atoms. The number of nitrogens with one attached hydrogen (secondary N) is 1. The second kappa shape index (κ2) is 6.59. The first kappa shape index (κ1) is 16.7. The van der Waals surface area contributed by atoms with Crippen LogP contribution in [-0.2, 0) is 14.8 Å². The summed E-state index contributed by atoms with van der Waals surface area (Å²) in [6.45, 7) is 2.97. The lowest BCUT2D eigenvalue weighted by atomic mass is 10.0. The molecule has 0 aliphatic carbocycles. The number of halogens is 1. The van der Waals surface area contributed by atoms with Crippen molar-refractivity contribution in [2.45, 2.75) is 24.3 Å². The van der Waals surface area contributed by atoms with E-state index in [-0.39, 0.29) is 22.4 Å². The van der Waals surface area contributed by atoms with E-state index in [1.165, 1.54) is 18.2 Å². The molecule has 0 saturated carbocycles. The number of aromatic carboxylic acids is 1. The molecular weight excluding hydrogens is 409 g/mol. The highest BCUT2D eigenvalue weighted by molar-refractivity contribution is 14.1. The highest BCUT2D eigenvalue weighted by Crippen LogP contribution is 2.21. The average Bonchev–Trinajstić information content (AvgIpc) is 2.92. The molecule has 116 valence electrons. The normalized spacial score (nSPS) is 20.4. The number of carboxylic acids is 1. The number of rotatable bonds is 5. The molecule has 1 saturated heterocycles. The van der Waals surface area contributed by atoms with Crippen LogP contribution in [-0.4, -0.2) is 38.7 Å². The Morgan fingerprint density at radius 1 is 1.52 bits per heavy atom. The lowest BCUT2D eigenvalue weighted by Crippen LogP contribution is -2.38. The van der Waals surface area contributed by atoms with E-state index in [0.29, 0.717) is 16.8 Å². The summed E-state index contributed by atoms with van der Waals surface area (Å²) >= 11 is 1.86. The topological polar surface area (TPSA) is 92.7 Å². The van der Waals surface area contributed by atoms with Gasteiger partial charge < -0.3 is 9.84 Å². The highest BCUT2D eigenvalue weighted by atomic mass is 127. The van der Waals surface area contributed by atoms with Crippen molar-refractivity contribution >= 4 is 38.6 Å². The SMILES string of the molecule is CC(NS(=O)(=O)c1ccc(I)c(C(=O)O)c1)C1CCOC1. The fourth-order valence-electron chi connectivity index (χ4n) is 2.19. The average molecular weight is 425 g/mol. The van der Waals surface area contributed by atoms with Gasteiger partial charge in [-0.2, -0.15) is 0 Å². The molecule has 2 rings (SSSR count). The molecule has 6 nitrogen and oxygen atoms in total. The number of carboxylic acid groups (broad SMARTS) is 1. The fraction of sp³-hybridized carbons (Fsp3) is 0.462. The molecule has 2 atom stereocenters. The Balaban J connectivity index is 2.23. The maximum Gasteiger partial charge on any atom is 0.336 e. The Hall–Kier alpha value is -0.710. The van der Waals surface area contributed by atoms with Crippen molar-refractivity contribution in [2.75, 3.05) is 13.2 Å². The summed E-state index contributed by atoms with van der Waals surface area (Å²) in [4.78, 5) is 11.1. The third kappa shape index (κ3) is 3.93. The predicted octanol–water partition coefficient (Wildman–Crippen LogP) is 1.69. The fourth-order valence-corrected chi connectivity index (χ4v) is 4.10. The van der Waals surface area contributed by atoms with Crippen molar-refractivity contribution in [3.63, 3.8) is 0 Å². The Kier molecular flexibility index (Phi) is 5.23. The van der Waals surface area contributed by atoms with E-state index in [2.05, 4.69) is 4.72 Å². The van der Waals surface area contributed by atoms with Crippen molar-refractivity contribution < 1.29 is 23.1 Å². The highest BCUT2D eigenvalue weighted by Gasteiger charge is 2.27. The molecule has 1 fully saturated rings. The van der Waals surface area contributed by atoms with E-state index in [9.17, 15) is 13.2 Å². The molecule has 0 aromatic heterocycles. The van der Waals surface area contributed by atoms with Crippen LogP contribution in [0.25, 0.3) is 0 Å². The molecule has 0 spiro atoms. The Morgan fingerprint density at radius 3 is 2.81 bits per heavy atom. The van der Waals surface area contributed by atoms with Crippen molar-refractivity contribution in [1.29, 1.82) is 0 Å². The molecule has 1 aromatic rings. The molecule has 8 heteroatoms. The zero-order valence-electron chi connectivity index (χ0n) is 11.4. The van der Waals surface area contributed by atoms with Crippen molar-refractivity contribution in [3.8, 4) is 0 Å². The Labute approximate surface area is 137 Å². The van der Waals surface area contributed by atoms with Gasteiger partial charge in [-0.15, -0.1) is 0 Å². The van der Waals surface area contributed by atoms with E-state index < -0.39 is 16.0 Å². The minimum Gasteiger partial charge on any atom is -0.478 e. The summed E-state index contributed by atoms with van der Waals surface area (Å²) in [5.41, 5.74) is -0.0182. The van der Waals surface area contributed by atoms with Gasteiger partial charge in [0.15, 0.2) is 0 Å². The summed E-state index contributed by atoms with van der Waals surface area (Å²) < 4.78 is 33.0. The predicted molar refractivity (Wildman–Crippen MR) is 84.8 cm³/mol. The second-order valence-corrected chi connectivity index (χ2v) is 7.86. The number of ether oxygens (including phenoxy) is 1. The van der Waals surface area contributed by atoms with E-state index in [4.69, 9.17) is 9.84 Å². The second-order valence-electron chi connectivity index (χ2n) is 4.98. The summed E-state index contributed by atoms with van der Waals surface area (Å²) in [6.07, 6.45) is 0.816.